The van der Waals surface area contributed by atoms with Crippen LogP contribution in [0.4, 0.5) is 15.8 Å². The van der Waals surface area contributed by atoms with Crippen LogP contribution in [0.15, 0.2) is 46.8 Å². The van der Waals surface area contributed by atoms with Gasteiger partial charge in [0.25, 0.3) is 0 Å². The number of nitro benzene ring substituents is 1. The summed E-state index contributed by atoms with van der Waals surface area (Å²) in [6, 6.07) is 10.9. The van der Waals surface area contributed by atoms with Crippen LogP contribution in [0.1, 0.15) is 6.92 Å². The molecule has 0 aliphatic heterocycles. The van der Waals surface area contributed by atoms with Crippen LogP contribution in [-0.2, 0) is 4.79 Å². The number of carbonyl (C=O) groups is 1. The fraction of sp³-hybridized carbons (Fsp3) is 0.125. The van der Waals surface area contributed by atoms with E-state index in [2.05, 4.69) is 10.3 Å². The smallest absolute Gasteiger partial charge is 0.306 e. The molecule has 1 amide bonds. The van der Waals surface area contributed by atoms with Gasteiger partial charge >= 0.3 is 5.69 Å². The quantitative estimate of drug-likeness (QED) is 0.403. The van der Waals surface area contributed by atoms with E-state index in [0.717, 1.165) is 26.7 Å². The zero-order valence-electron chi connectivity index (χ0n) is 12.9. The number of nitrogens with one attached hydrogen (secondary N) is 1. The normalized spacial score (nSPS) is 12.1. The maximum Gasteiger partial charge on any atom is 0.306 e. The minimum absolute atomic E-state index is 0.176. The van der Waals surface area contributed by atoms with Gasteiger partial charge in [0.05, 0.1) is 20.4 Å². The number of amides is 1. The lowest BCUT2D eigenvalue weighted by molar-refractivity contribution is -0.387. The highest BCUT2D eigenvalue weighted by atomic mass is 32.2. The lowest BCUT2D eigenvalue weighted by Gasteiger charge is -2.10. The first-order valence-electron chi connectivity index (χ1n) is 7.21. The summed E-state index contributed by atoms with van der Waals surface area (Å²) >= 11 is 2.79. The van der Waals surface area contributed by atoms with Crippen LogP contribution >= 0.6 is 23.1 Å². The van der Waals surface area contributed by atoms with Gasteiger partial charge in [-0.3, -0.25) is 14.9 Å². The second kappa shape index (κ2) is 7.16. The van der Waals surface area contributed by atoms with Gasteiger partial charge in [-0.15, -0.1) is 11.3 Å². The summed E-state index contributed by atoms with van der Waals surface area (Å²) < 4.78 is 15.1. The molecule has 9 heteroatoms. The minimum Gasteiger partial charge on any atom is -0.325 e. The summed E-state index contributed by atoms with van der Waals surface area (Å²) in [5, 5.41) is 12.9. The topological polar surface area (TPSA) is 85.1 Å². The molecule has 0 fully saturated rings. The van der Waals surface area contributed by atoms with Crippen LogP contribution in [0, 0.1) is 15.9 Å². The second-order valence-electron chi connectivity index (χ2n) is 5.12. The monoisotopic (exact) mass is 377 g/mol. The zero-order chi connectivity index (χ0) is 18.0. The van der Waals surface area contributed by atoms with Crippen molar-refractivity contribution in [3.8, 4) is 0 Å². The Hall–Kier alpha value is -2.52. The van der Waals surface area contributed by atoms with Gasteiger partial charge in [-0.2, -0.15) is 4.39 Å². The molecule has 3 rings (SSSR count). The van der Waals surface area contributed by atoms with Crippen molar-refractivity contribution in [3.63, 3.8) is 0 Å². The Kier molecular flexibility index (Phi) is 4.95. The van der Waals surface area contributed by atoms with Crippen molar-refractivity contribution < 1.29 is 14.1 Å². The number of thioether (sulfide) groups is 1. The Morgan fingerprint density at radius 1 is 1.36 bits per heavy atom. The lowest BCUT2D eigenvalue weighted by atomic mass is 10.2. The molecule has 0 saturated heterocycles. The molecule has 0 bridgehead atoms. The van der Waals surface area contributed by atoms with E-state index in [1.165, 1.54) is 29.2 Å². The van der Waals surface area contributed by atoms with Gasteiger partial charge in [-0.05, 0) is 31.2 Å². The molecule has 1 aromatic heterocycles. The predicted octanol–water partition coefficient (Wildman–Crippen LogP) is 4.46. The summed E-state index contributed by atoms with van der Waals surface area (Å²) in [4.78, 5) is 26.7. The Morgan fingerprint density at radius 2 is 2.12 bits per heavy atom. The first-order chi connectivity index (χ1) is 11.9. The van der Waals surface area contributed by atoms with Crippen LogP contribution in [0.5, 0.6) is 0 Å². The Morgan fingerprint density at radius 3 is 2.84 bits per heavy atom. The fourth-order valence-corrected chi connectivity index (χ4v) is 4.29. The molecule has 0 saturated carbocycles. The number of nitrogens with zero attached hydrogens (tertiary/aromatic N) is 2. The van der Waals surface area contributed by atoms with Gasteiger partial charge in [0.2, 0.25) is 11.7 Å². The first-order valence-corrected chi connectivity index (χ1v) is 8.90. The summed E-state index contributed by atoms with van der Waals surface area (Å²) in [5.74, 6) is -1.29. The molecule has 3 aromatic rings. The number of halogens is 1. The van der Waals surface area contributed by atoms with Crippen molar-refractivity contribution >= 4 is 50.6 Å². The number of hydrogen-bond acceptors (Lipinski definition) is 6. The van der Waals surface area contributed by atoms with E-state index in [1.807, 2.05) is 24.3 Å². The molecule has 6 nitrogen and oxygen atoms in total. The molecule has 25 heavy (non-hydrogen) atoms. The largest absolute Gasteiger partial charge is 0.325 e. The maximum absolute atomic E-state index is 13.3. The van der Waals surface area contributed by atoms with Gasteiger partial charge in [0.1, 0.15) is 0 Å². The van der Waals surface area contributed by atoms with Gasteiger partial charge in [0, 0.05) is 11.8 Å². The Bertz CT molecular complexity index is 928. The van der Waals surface area contributed by atoms with Crippen molar-refractivity contribution in [1.82, 2.24) is 4.98 Å². The second-order valence-corrected chi connectivity index (χ2v) is 7.74. The summed E-state index contributed by atoms with van der Waals surface area (Å²) in [6.07, 6.45) is 0. The van der Waals surface area contributed by atoms with Crippen LogP contribution in [0.25, 0.3) is 10.2 Å². The number of thiazole rings is 1. The number of aromatic nitrogens is 1. The molecule has 0 aliphatic rings. The fourth-order valence-electron chi connectivity index (χ4n) is 2.08. The molecule has 0 radical (unpaired) electrons. The van der Waals surface area contributed by atoms with Crippen molar-refractivity contribution in [2.24, 2.45) is 0 Å². The molecule has 128 valence electrons. The van der Waals surface area contributed by atoms with E-state index in [1.54, 1.807) is 6.92 Å². The third-order valence-electron chi connectivity index (χ3n) is 3.33. The van der Waals surface area contributed by atoms with Gasteiger partial charge in [-0.25, -0.2) is 4.98 Å². The number of para-hydroxylation sites is 1. The number of hydrogen-bond donors (Lipinski definition) is 1. The molecule has 1 N–H and O–H groups in total. The van der Waals surface area contributed by atoms with Crippen LogP contribution in [0.2, 0.25) is 0 Å². The van der Waals surface area contributed by atoms with E-state index in [-0.39, 0.29) is 11.6 Å². The summed E-state index contributed by atoms with van der Waals surface area (Å²) in [7, 11) is 0. The molecule has 0 spiro atoms. The van der Waals surface area contributed by atoms with Gasteiger partial charge in [0.15, 0.2) is 4.34 Å². The number of nitro groups is 1. The number of rotatable bonds is 5. The molecular weight excluding hydrogens is 365 g/mol. The third-order valence-corrected chi connectivity index (χ3v) is 5.56. The SMILES string of the molecule is C[C@@H](Sc1nc2ccccc2s1)C(=O)Nc1ccc(F)c([N+](=O)[O-])c1. The van der Waals surface area contributed by atoms with Crippen molar-refractivity contribution in [1.29, 1.82) is 0 Å². The molecule has 0 unspecified atom stereocenters. The highest BCUT2D eigenvalue weighted by Gasteiger charge is 2.19. The lowest BCUT2D eigenvalue weighted by Crippen LogP contribution is -2.22. The average Bonchev–Trinajstić information content (AvgIpc) is 2.98. The number of benzene rings is 2. The standard InChI is InChI=1S/C16H12FN3O3S2/c1-9(24-16-19-12-4-2-3-5-14(12)25-16)15(21)18-10-6-7-11(17)13(8-10)20(22)23/h2-9H,1H3,(H,18,21)/t9-/m1/s1. The predicted molar refractivity (Wildman–Crippen MR) is 96.6 cm³/mol. The highest BCUT2D eigenvalue weighted by molar-refractivity contribution is 8.02. The summed E-state index contributed by atoms with van der Waals surface area (Å²) in [6.45, 7) is 1.71. The molecule has 2 aromatic carbocycles. The van der Waals surface area contributed by atoms with E-state index in [0.29, 0.717) is 0 Å². The van der Waals surface area contributed by atoms with Crippen molar-refractivity contribution in [3.05, 3.63) is 58.4 Å². The molecule has 1 heterocycles. The highest BCUT2D eigenvalue weighted by Crippen LogP contribution is 2.32. The van der Waals surface area contributed by atoms with Crippen LogP contribution < -0.4 is 5.32 Å². The number of anilines is 1. The van der Waals surface area contributed by atoms with Crippen molar-refractivity contribution in [2.75, 3.05) is 5.32 Å². The first kappa shape index (κ1) is 17.3. The maximum atomic E-state index is 13.3. The number of carbonyl (C=O) groups excluding carboxylic acids is 1. The Labute approximate surface area is 150 Å². The van der Waals surface area contributed by atoms with E-state index in [9.17, 15) is 19.3 Å². The Balaban J connectivity index is 1.70. The number of fused-ring (bicyclic) bond motifs is 1. The molecule has 1 atom stereocenters. The van der Waals surface area contributed by atoms with Gasteiger partial charge in [-0.1, -0.05) is 23.9 Å². The third kappa shape index (κ3) is 3.94. The van der Waals surface area contributed by atoms with Crippen LogP contribution in [0.3, 0.4) is 0 Å². The minimum atomic E-state index is -0.945. The molecular formula is C16H12FN3O3S2. The zero-order valence-corrected chi connectivity index (χ0v) is 14.6. The summed E-state index contributed by atoms with van der Waals surface area (Å²) in [5.41, 5.74) is 0.371. The molecule has 0 aliphatic carbocycles. The van der Waals surface area contributed by atoms with Gasteiger partial charge < -0.3 is 5.32 Å². The average molecular weight is 377 g/mol. The van der Waals surface area contributed by atoms with Crippen molar-refractivity contribution in [2.45, 2.75) is 16.5 Å². The van der Waals surface area contributed by atoms with E-state index >= 15 is 0 Å². The van der Waals surface area contributed by atoms with Crippen LogP contribution in [-0.4, -0.2) is 21.1 Å². The van der Waals surface area contributed by atoms with E-state index < -0.39 is 21.7 Å². The van der Waals surface area contributed by atoms with E-state index in [4.69, 9.17) is 0 Å².